The van der Waals surface area contributed by atoms with Gasteiger partial charge in [-0.25, -0.2) is 4.79 Å². The second-order valence-corrected chi connectivity index (χ2v) is 3.95. The number of fused-ring (bicyclic) bond motifs is 1. The zero-order valence-electron chi connectivity index (χ0n) is 10.8. The summed E-state index contributed by atoms with van der Waals surface area (Å²) in [6.45, 7) is 1.94. The van der Waals surface area contributed by atoms with Gasteiger partial charge in [0.05, 0.1) is 6.61 Å². The summed E-state index contributed by atoms with van der Waals surface area (Å²) in [5.41, 5.74) is 4.04. The van der Waals surface area contributed by atoms with E-state index in [1.165, 1.54) is 0 Å². The molecular formula is C13H15N3O3. The Morgan fingerprint density at radius 2 is 2.21 bits per heavy atom. The number of para-hydroxylation sites is 1. The van der Waals surface area contributed by atoms with Gasteiger partial charge in [0.1, 0.15) is 5.92 Å². The molecule has 100 valence electrons. The Bertz CT molecular complexity index is 540. The van der Waals surface area contributed by atoms with Crippen LogP contribution in [0, 0.1) is 0 Å². The largest absolute Gasteiger partial charge is 0.461 e. The average molecular weight is 261 g/mol. The molecule has 6 nitrogen and oxygen atoms in total. The van der Waals surface area contributed by atoms with Gasteiger partial charge in [0.2, 0.25) is 5.91 Å². The van der Waals surface area contributed by atoms with Crippen molar-refractivity contribution in [2.24, 2.45) is 5.10 Å². The first-order valence-electron chi connectivity index (χ1n) is 6.00. The van der Waals surface area contributed by atoms with Crippen molar-refractivity contribution >= 4 is 23.3 Å². The Hall–Kier alpha value is -2.37. The molecule has 0 fully saturated rings. The predicted octanol–water partition coefficient (Wildman–Crippen LogP) is 0.861. The van der Waals surface area contributed by atoms with E-state index in [-0.39, 0.29) is 18.2 Å². The highest BCUT2D eigenvalue weighted by Gasteiger charge is 2.38. The summed E-state index contributed by atoms with van der Waals surface area (Å²) in [5.74, 6) is -1.60. The topological polar surface area (TPSA) is 79.8 Å². The lowest BCUT2D eigenvalue weighted by Crippen LogP contribution is -2.30. The molecule has 1 aromatic rings. The first-order chi connectivity index (χ1) is 9.19. The Morgan fingerprint density at radius 1 is 1.47 bits per heavy atom. The maximum Gasteiger partial charge on any atom is 0.355 e. The molecule has 6 heteroatoms. The van der Waals surface area contributed by atoms with E-state index in [0.29, 0.717) is 5.69 Å². The summed E-state index contributed by atoms with van der Waals surface area (Å²) in [5, 5.41) is 6.63. The molecule has 1 amide bonds. The number of carbonyl (C=O) groups excluding carboxylic acids is 2. The second-order valence-electron chi connectivity index (χ2n) is 3.95. The lowest BCUT2D eigenvalue weighted by molar-refractivity contribution is -0.135. The van der Waals surface area contributed by atoms with Crippen molar-refractivity contribution < 1.29 is 14.3 Å². The number of nitrogens with zero attached hydrogens (tertiary/aromatic N) is 1. The summed E-state index contributed by atoms with van der Waals surface area (Å²) >= 11 is 0. The first kappa shape index (κ1) is 13.1. The summed E-state index contributed by atoms with van der Waals surface area (Å²) in [6, 6.07) is 7.21. The van der Waals surface area contributed by atoms with Crippen molar-refractivity contribution in [1.82, 2.24) is 5.43 Å². The molecule has 1 aromatic carbocycles. The van der Waals surface area contributed by atoms with Gasteiger partial charge in [-0.15, -0.1) is 0 Å². The van der Waals surface area contributed by atoms with Crippen molar-refractivity contribution in [3.8, 4) is 0 Å². The van der Waals surface area contributed by atoms with Crippen molar-refractivity contribution in [2.45, 2.75) is 12.8 Å². The van der Waals surface area contributed by atoms with Gasteiger partial charge in [0, 0.05) is 12.7 Å². The van der Waals surface area contributed by atoms with Crippen molar-refractivity contribution in [3.63, 3.8) is 0 Å². The summed E-state index contributed by atoms with van der Waals surface area (Å²) in [7, 11) is 1.57. The fourth-order valence-corrected chi connectivity index (χ4v) is 2.03. The zero-order chi connectivity index (χ0) is 13.8. The van der Waals surface area contributed by atoms with Gasteiger partial charge in [-0.05, 0) is 18.6 Å². The van der Waals surface area contributed by atoms with E-state index in [2.05, 4.69) is 15.8 Å². The molecule has 0 aromatic heterocycles. The third-order valence-corrected chi connectivity index (χ3v) is 2.78. The van der Waals surface area contributed by atoms with Crippen LogP contribution in [0.1, 0.15) is 18.4 Å². The van der Waals surface area contributed by atoms with Crippen LogP contribution < -0.4 is 10.7 Å². The Balaban J connectivity index is 2.40. The number of carbonyl (C=O) groups is 2. The van der Waals surface area contributed by atoms with Crippen LogP contribution in [0.15, 0.2) is 29.4 Å². The molecule has 2 rings (SSSR count). The highest BCUT2D eigenvalue weighted by molar-refractivity contribution is 6.44. The number of esters is 1. The molecule has 1 atom stereocenters. The van der Waals surface area contributed by atoms with Crippen molar-refractivity contribution in [2.75, 3.05) is 19.0 Å². The summed E-state index contributed by atoms with van der Waals surface area (Å²) in [6.07, 6.45) is 0. The predicted molar refractivity (Wildman–Crippen MR) is 70.9 cm³/mol. The lowest BCUT2D eigenvalue weighted by Gasteiger charge is -2.11. The number of nitrogens with one attached hydrogen (secondary N) is 2. The normalized spacial score (nSPS) is 17.7. The number of amides is 1. The first-order valence-corrected chi connectivity index (χ1v) is 6.00. The van der Waals surface area contributed by atoms with Gasteiger partial charge >= 0.3 is 5.97 Å². The van der Waals surface area contributed by atoms with Crippen LogP contribution >= 0.6 is 0 Å². The Morgan fingerprint density at radius 3 is 2.89 bits per heavy atom. The molecule has 2 N–H and O–H groups in total. The molecule has 0 aliphatic carbocycles. The number of benzene rings is 1. The molecule has 0 spiro atoms. The minimum absolute atomic E-state index is 0.0619. The van der Waals surface area contributed by atoms with E-state index in [4.69, 9.17) is 4.74 Å². The molecule has 1 unspecified atom stereocenters. The van der Waals surface area contributed by atoms with Crippen LogP contribution in [0.3, 0.4) is 0 Å². The van der Waals surface area contributed by atoms with Gasteiger partial charge in [-0.1, -0.05) is 18.2 Å². The smallest absolute Gasteiger partial charge is 0.355 e. The van der Waals surface area contributed by atoms with Crippen LogP contribution in [0.2, 0.25) is 0 Å². The molecule has 1 aliphatic rings. The van der Waals surface area contributed by atoms with Crippen LogP contribution in [-0.4, -0.2) is 31.2 Å². The van der Waals surface area contributed by atoms with Crippen molar-refractivity contribution in [1.29, 1.82) is 0 Å². The fraction of sp³-hybridized carbons (Fsp3) is 0.308. The molecule has 19 heavy (non-hydrogen) atoms. The Labute approximate surface area is 110 Å². The van der Waals surface area contributed by atoms with Gasteiger partial charge in [-0.3, -0.25) is 4.79 Å². The van der Waals surface area contributed by atoms with Gasteiger partial charge in [0.15, 0.2) is 5.71 Å². The van der Waals surface area contributed by atoms with Crippen molar-refractivity contribution in [3.05, 3.63) is 29.8 Å². The average Bonchev–Trinajstić information content (AvgIpc) is 2.72. The number of hydrogen-bond acceptors (Lipinski definition) is 5. The monoisotopic (exact) mass is 261 g/mol. The van der Waals surface area contributed by atoms with Gasteiger partial charge in [0.25, 0.3) is 0 Å². The maximum absolute atomic E-state index is 12.0. The minimum Gasteiger partial charge on any atom is -0.461 e. The van der Waals surface area contributed by atoms with Crippen LogP contribution in [0.5, 0.6) is 0 Å². The van der Waals surface area contributed by atoms with Crippen LogP contribution in [0.25, 0.3) is 0 Å². The van der Waals surface area contributed by atoms with Gasteiger partial charge in [-0.2, -0.15) is 5.10 Å². The minimum atomic E-state index is -0.734. The van der Waals surface area contributed by atoms with Crippen LogP contribution in [-0.2, 0) is 14.3 Å². The highest BCUT2D eigenvalue weighted by atomic mass is 16.5. The molecular weight excluding hydrogens is 246 g/mol. The number of hydrogen-bond donors (Lipinski definition) is 2. The van der Waals surface area contributed by atoms with Gasteiger partial charge < -0.3 is 15.5 Å². The quantitative estimate of drug-likeness (QED) is 0.478. The fourth-order valence-electron chi connectivity index (χ4n) is 2.03. The maximum atomic E-state index is 12.0. The Kier molecular flexibility index (Phi) is 3.79. The number of anilines is 1. The van der Waals surface area contributed by atoms with E-state index >= 15 is 0 Å². The molecule has 1 aliphatic heterocycles. The number of rotatable bonds is 4. The summed E-state index contributed by atoms with van der Waals surface area (Å²) in [4.78, 5) is 23.9. The molecule has 0 saturated heterocycles. The van der Waals surface area contributed by atoms with Crippen LogP contribution in [0.4, 0.5) is 5.69 Å². The lowest BCUT2D eigenvalue weighted by atomic mass is 9.95. The SMILES string of the molecule is CCOC(=O)/C(=N\NC)C1C(=O)Nc2ccccc21. The zero-order valence-corrected chi connectivity index (χ0v) is 10.8. The molecule has 1 heterocycles. The summed E-state index contributed by atoms with van der Waals surface area (Å²) < 4.78 is 4.94. The second kappa shape index (κ2) is 5.51. The van der Waals surface area contributed by atoms with E-state index in [1.54, 1.807) is 26.1 Å². The van der Waals surface area contributed by atoms with E-state index in [1.807, 2.05) is 12.1 Å². The highest BCUT2D eigenvalue weighted by Crippen LogP contribution is 2.33. The van der Waals surface area contributed by atoms with E-state index < -0.39 is 11.9 Å². The molecule has 0 radical (unpaired) electrons. The van der Waals surface area contributed by atoms with E-state index in [0.717, 1.165) is 5.56 Å². The third kappa shape index (κ3) is 2.42. The number of ether oxygens (including phenoxy) is 1. The van der Waals surface area contributed by atoms with E-state index in [9.17, 15) is 9.59 Å². The number of hydrazone groups is 1. The third-order valence-electron chi connectivity index (χ3n) is 2.78. The molecule has 0 saturated carbocycles. The molecule has 0 bridgehead atoms. The standard InChI is InChI=1S/C13H15N3O3/c1-3-19-13(18)11(16-14-2)10-8-6-4-5-7-9(8)15-12(10)17/h4-7,10,14H,3H2,1-2H3,(H,15,17)/b16-11-.